The van der Waals surface area contributed by atoms with Gasteiger partial charge in [-0.25, -0.2) is 9.67 Å². The van der Waals surface area contributed by atoms with Gasteiger partial charge in [0, 0.05) is 18.9 Å². The van der Waals surface area contributed by atoms with E-state index in [1.165, 1.54) is 12.8 Å². The van der Waals surface area contributed by atoms with Crippen LogP contribution in [-0.2, 0) is 12.8 Å². The molecule has 1 aromatic heterocycles. The third-order valence-corrected chi connectivity index (χ3v) is 4.55. The van der Waals surface area contributed by atoms with E-state index in [9.17, 15) is 0 Å². The summed E-state index contributed by atoms with van der Waals surface area (Å²) in [6, 6.07) is 0.976. The second-order valence-electron chi connectivity index (χ2n) is 6.30. The van der Waals surface area contributed by atoms with Crippen molar-refractivity contribution < 1.29 is 0 Å². The van der Waals surface area contributed by atoms with E-state index in [1.54, 1.807) is 0 Å². The lowest BCUT2D eigenvalue weighted by Crippen LogP contribution is -2.46. The first-order valence-corrected chi connectivity index (χ1v) is 8.28. The molecule has 1 aromatic rings. The molecule has 4 unspecified atom stereocenters. The zero-order valence-corrected chi connectivity index (χ0v) is 13.7. The van der Waals surface area contributed by atoms with E-state index < -0.39 is 0 Å². The molecule has 1 heterocycles. The number of likely N-dealkylation sites (N-methyl/N-ethyl adjacent to an activating group) is 1. The molecule has 0 aliphatic heterocycles. The van der Waals surface area contributed by atoms with Crippen LogP contribution in [0.4, 0.5) is 0 Å². The van der Waals surface area contributed by atoms with Crippen LogP contribution in [0.3, 0.4) is 0 Å². The number of nitrogens with one attached hydrogen (secondary N) is 1. The summed E-state index contributed by atoms with van der Waals surface area (Å²) in [5.41, 5.74) is 0. The Hall–Kier alpha value is -0.900. The topological polar surface area (TPSA) is 42.7 Å². The maximum atomic E-state index is 4.80. The van der Waals surface area contributed by atoms with Crippen molar-refractivity contribution in [1.82, 2.24) is 20.1 Å². The Morgan fingerprint density at radius 2 is 1.90 bits per heavy atom. The van der Waals surface area contributed by atoms with Crippen molar-refractivity contribution in [3.05, 3.63) is 11.6 Å². The van der Waals surface area contributed by atoms with Crippen LogP contribution in [0.5, 0.6) is 0 Å². The molecule has 4 nitrogen and oxygen atoms in total. The number of rotatable bonds is 5. The molecule has 1 saturated carbocycles. The molecule has 4 atom stereocenters. The first-order chi connectivity index (χ1) is 9.60. The Morgan fingerprint density at radius 1 is 1.15 bits per heavy atom. The fourth-order valence-corrected chi connectivity index (χ4v) is 3.75. The van der Waals surface area contributed by atoms with Gasteiger partial charge >= 0.3 is 0 Å². The van der Waals surface area contributed by atoms with Crippen LogP contribution in [0.25, 0.3) is 0 Å². The van der Waals surface area contributed by atoms with Gasteiger partial charge in [-0.3, -0.25) is 0 Å². The average molecular weight is 278 g/mol. The molecule has 114 valence electrons. The Labute approximate surface area is 123 Å². The first-order valence-electron chi connectivity index (χ1n) is 8.28. The molecule has 0 amide bonds. The summed E-state index contributed by atoms with van der Waals surface area (Å²) in [5, 5.41) is 8.48. The van der Waals surface area contributed by atoms with Crippen molar-refractivity contribution in [3.63, 3.8) is 0 Å². The molecule has 1 aliphatic rings. The molecule has 0 radical (unpaired) electrons. The summed E-state index contributed by atoms with van der Waals surface area (Å²) in [7, 11) is 0. The zero-order chi connectivity index (χ0) is 14.7. The highest BCUT2D eigenvalue weighted by atomic mass is 15.4. The van der Waals surface area contributed by atoms with Crippen molar-refractivity contribution in [1.29, 1.82) is 0 Å². The van der Waals surface area contributed by atoms with E-state index in [4.69, 9.17) is 10.1 Å². The zero-order valence-electron chi connectivity index (χ0n) is 13.7. The average Bonchev–Trinajstić information content (AvgIpc) is 2.81. The van der Waals surface area contributed by atoms with Crippen LogP contribution < -0.4 is 5.32 Å². The summed E-state index contributed by atoms with van der Waals surface area (Å²) in [6.45, 7) is 12.3. The van der Waals surface area contributed by atoms with Gasteiger partial charge in [-0.2, -0.15) is 5.10 Å². The van der Waals surface area contributed by atoms with E-state index in [2.05, 4.69) is 44.6 Å². The molecule has 0 bridgehead atoms. The summed E-state index contributed by atoms with van der Waals surface area (Å²) in [6.07, 6.45) is 4.42. The molecule has 0 spiro atoms. The quantitative estimate of drug-likeness (QED) is 0.900. The molecule has 20 heavy (non-hydrogen) atoms. The predicted molar refractivity (Wildman–Crippen MR) is 82.8 cm³/mol. The summed E-state index contributed by atoms with van der Waals surface area (Å²) in [5.74, 6) is 3.59. The van der Waals surface area contributed by atoms with Gasteiger partial charge in [-0.05, 0) is 31.2 Å². The number of hydrogen-bond donors (Lipinski definition) is 1. The normalized spacial score (nSPS) is 30.6. The van der Waals surface area contributed by atoms with Crippen molar-refractivity contribution in [2.75, 3.05) is 6.54 Å². The summed E-state index contributed by atoms with van der Waals surface area (Å²) in [4.78, 5) is 4.69. The molecular formula is C16H30N4. The smallest absolute Gasteiger partial charge is 0.150 e. The molecule has 2 rings (SSSR count). The minimum Gasteiger partial charge on any atom is -0.312 e. The number of aromatic nitrogens is 3. The fourth-order valence-electron chi connectivity index (χ4n) is 3.75. The Kier molecular flexibility index (Phi) is 5.19. The molecular weight excluding hydrogens is 248 g/mol. The summed E-state index contributed by atoms with van der Waals surface area (Å²) < 4.78 is 2.24. The van der Waals surface area contributed by atoms with E-state index in [1.807, 2.05) is 0 Å². The van der Waals surface area contributed by atoms with Gasteiger partial charge in [0.05, 0.1) is 6.04 Å². The number of hydrogen-bond acceptors (Lipinski definition) is 3. The largest absolute Gasteiger partial charge is 0.312 e. The van der Waals surface area contributed by atoms with E-state index in [0.717, 1.165) is 37.0 Å². The van der Waals surface area contributed by atoms with Crippen molar-refractivity contribution in [2.24, 2.45) is 11.8 Å². The SMILES string of the molecule is CCNC1CC(C)CC(C)C1n1nc(CC)nc1CC. The predicted octanol–water partition coefficient (Wildman–Crippen LogP) is 2.99. The minimum absolute atomic E-state index is 0.453. The monoisotopic (exact) mass is 278 g/mol. The Bertz CT molecular complexity index is 426. The van der Waals surface area contributed by atoms with Gasteiger partial charge in [-0.15, -0.1) is 0 Å². The van der Waals surface area contributed by atoms with Crippen LogP contribution in [0, 0.1) is 11.8 Å². The van der Waals surface area contributed by atoms with Crippen molar-refractivity contribution in [3.8, 4) is 0 Å². The van der Waals surface area contributed by atoms with E-state index >= 15 is 0 Å². The highest BCUT2D eigenvalue weighted by Crippen LogP contribution is 2.37. The highest BCUT2D eigenvalue weighted by Gasteiger charge is 2.36. The molecule has 0 aromatic carbocycles. The van der Waals surface area contributed by atoms with Crippen molar-refractivity contribution >= 4 is 0 Å². The van der Waals surface area contributed by atoms with Gasteiger partial charge < -0.3 is 5.32 Å². The number of nitrogens with zero attached hydrogens (tertiary/aromatic N) is 3. The second kappa shape index (κ2) is 6.70. The lowest BCUT2D eigenvalue weighted by molar-refractivity contribution is 0.141. The third-order valence-electron chi connectivity index (χ3n) is 4.55. The van der Waals surface area contributed by atoms with Gasteiger partial charge in [0.15, 0.2) is 5.82 Å². The maximum Gasteiger partial charge on any atom is 0.150 e. The molecule has 1 aliphatic carbocycles. The maximum absolute atomic E-state index is 4.80. The van der Waals surface area contributed by atoms with Gasteiger partial charge in [0.25, 0.3) is 0 Å². The molecule has 1 N–H and O–H groups in total. The highest BCUT2D eigenvalue weighted by molar-refractivity contribution is 5.00. The van der Waals surface area contributed by atoms with Crippen LogP contribution in [-0.4, -0.2) is 27.4 Å². The molecule has 0 saturated heterocycles. The number of aryl methyl sites for hydroxylation is 2. The van der Waals surface area contributed by atoms with Crippen LogP contribution in [0.1, 0.15) is 65.2 Å². The van der Waals surface area contributed by atoms with Gasteiger partial charge in [0.1, 0.15) is 5.82 Å². The lowest BCUT2D eigenvalue weighted by atomic mass is 9.76. The second-order valence-corrected chi connectivity index (χ2v) is 6.30. The molecule has 4 heteroatoms. The third kappa shape index (κ3) is 3.05. The van der Waals surface area contributed by atoms with Crippen molar-refractivity contribution in [2.45, 2.75) is 72.4 Å². The van der Waals surface area contributed by atoms with Gasteiger partial charge in [-0.1, -0.05) is 34.6 Å². The first kappa shape index (κ1) is 15.5. The lowest BCUT2D eigenvalue weighted by Gasteiger charge is -2.40. The van der Waals surface area contributed by atoms with E-state index in [-0.39, 0.29) is 0 Å². The van der Waals surface area contributed by atoms with E-state index in [0.29, 0.717) is 18.0 Å². The fraction of sp³-hybridized carbons (Fsp3) is 0.875. The Balaban J connectivity index is 2.33. The minimum atomic E-state index is 0.453. The summed E-state index contributed by atoms with van der Waals surface area (Å²) >= 11 is 0. The standard InChI is InChI=1S/C16H30N4/c1-6-14-18-15(7-2)20(19-14)16-12(5)9-11(4)10-13(16)17-8-3/h11-13,16-17H,6-10H2,1-5H3. The van der Waals surface area contributed by atoms with Crippen LogP contribution >= 0.6 is 0 Å². The van der Waals surface area contributed by atoms with Crippen LogP contribution in [0.2, 0.25) is 0 Å². The van der Waals surface area contributed by atoms with Crippen LogP contribution in [0.15, 0.2) is 0 Å². The molecule has 1 fully saturated rings. The Morgan fingerprint density at radius 3 is 2.50 bits per heavy atom. The van der Waals surface area contributed by atoms with Gasteiger partial charge in [0.2, 0.25) is 0 Å².